The predicted molar refractivity (Wildman–Crippen MR) is 102 cm³/mol. The zero-order valence-corrected chi connectivity index (χ0v) is 19.1. The van der Waals surface area contributed by atoms with Crippen LogP contribution in [-0.2, 0) is 19.1 Å². The number of carboxylic acid groups (broad SMARTS) is 1. The number of pyridine rings is 1. The van der Waals surface area contributed by atoms with Gasteiger partial charge in [0.05, 0.1) is 12.1 Å². The fourth-order valence-corrected chi connectivity index (χ4v) is 3.44. The van der Waals surface area contributed by atoms with Crippen LogP contribution in [0.15, 0.2) is 36.5 Å². The maximum atomic E-state index is 12.4. The molecule has 2 aromatic rings. The number of carbonyl (C=O) groups excluding carboxylic acids is 3. The van der Waals surface area contributed by atoms with Gasteiger partial charge in [0.2, 0.25) is 0 Å². The molecule has 158 valence electrons. The molecule has 0 saturated carbocycles. The number of rotatable bonds is 6. The number of anilines is 1. The Hall–Kier alpha value is -3.13. The number of fused-ring (bicyclic) bond motifs is 3. The summed E-state index contributed by atoms with van der Waals surface area (Å²) < 4.78 is 16.2. The molecule has 1 aromatic carbocycles. The molecule has 0 bridgehead atoms. The number of nitrogens with zero attached hydrogens (tertiary/aromatic N) is 3. The molecule has 32 heavy (non-hydrogen) atoms. The minimum atomic E-state index is -1.34. The van der Waals surface area contributed by atoms with E-state index in [0.29, 0.717) is 17.1 Å². The van der Waals surface area contributed by atoms with E-state index in [4.69, 9.17) is 19.5 Å². The van der Waals surface area contributed by atoms with Crippen LogP contribution in [0.3, 0.4) is 0 Å². The second-order valence-electron chi connectivity index (χ2n) is 6.95. The van der Waals surface area contributed by atoms with E-state index in [9.17, 15) is 19.5 Å². The Morgan fingerprint density at radius 1 is 1.25 bits per heavy atom. The van der Waals surface area contributed by atoms with Crippen molar-refractivity contribution in [1.82, 2.24) is 4.98 Å². The molecule has 0 N–H and O–H groups in total. The molecular formula is C21H16N3NaO7. The molecule has 2 atom stereocenters. The minimum Gasteiger partial charge on any atom is -0.550 e. The number of hydrogen-bond acceptors (Lipinski definition) is 9. The number of nitriles is 1. The van der Waals surface area contributed by atoms with Crippen molar-refractivity contribution in [3.05, 3.63) is 42.2 Å². The van der Waals surface area contributed by atoms with Crippen molar-refractivity contribution in [2.24, 2.45) is 0 Å². The van der Waals surface area contributed by atoms with Gasteiger partial charge in [-0.05, 0) is 36.2 Å². The quantitative estimate of drug-likeness (QED) is 0.357. The maximum Gasteiger partial charge on any atom is 1.00 e. The monoisotopic (exact) mass is 445 g/mol. The maximum absolute atomic E-state index is 12.4. The van der Waals surface area contributed by atoms with E-state index in [1.54, 1.807) is 36.5 Å². The summed E-state index contributed by atoms with van der Waals surface area (Å²) >= 11 is 0. The van der Waals surface area contributed by atoms with Crippen molar-refractivity contribution >= 4 is 23.7 Å². The van der Waals surface area contributed by atoms with Gasteiger partial charge in [0.15, 0.2) is 6.10 Å². The average Bonchev–Trinajstić information content (AvgIpc) is 3.11. The van der Waals surface area contributed by atoms with Crippen LogP contribution in [-0.4, -0.2) is 48.4 Å². The summed E-state index contributed by atoms with van der Waals surface area (Å²) in [5.41, 5.74) is 2.43. The standard InChI is InChI=1S/C21H17N3O7.Na/c22-8-14-3-1-13(9-23-14)12-2-4-15-17(7-12)29-10-16-18(31-21(28)24(15)16)11-30-20(27)6-5-19(25)26;/h1-4,7,9,16,18H,5-6,10-11H2,(H,25,26);/q;+1/p-1/t16-,18-;/m0./s1. The largest absolute Gasteiger partial charge is 1.00 e. The van der Waals surface area contributed by atoms with Gasteiger partial charge in [0.25, 0.3) is 0 Å². The van der Waals surface area contributed by atoms with E-state index < -0.39 is 36.6 Å². The number of hydrogen-bond donors (Lipinski definition) is 0. The molecule has 0 radical (unpaired) electrons. The Morgan fingerprint density at radius 3 is 2.72 bits per heavy atom. The second kappa shape index (κ2) is 9.99. The van der Waals surface area contributed by atoms with Gasteiger partial charge >= 0.3 is 41.6 Å². The van der Waals surface area contributed by atoms with E-state index in [2.05, 4.69) is 4.98 Å². The number of carboxylic acids is 1. The summed E-state index contributed by atoms with van der Waals surface area (Å²) in [6.07, 6.45) is -0.496. The molecule has 0 spiro atoms. The van der Waals surface area contributed by atoms with Crippen LogP contribution in [0.4, 0.5) is 10.5 Å². The van der Waals surface area contributed by atoms with Crippen molar-refractivity contribution in [3.8, 4) is 22.9 Å². The summed E-state index contributed by atoms with van der Waals surface area (Å²) in [5, 5.41) is 19.3. The minimum absolute atomic E-state index is 0. The van der Waals surface area contributed by atoms with Crippen LogP contribution in [0.1, 0.15) is 18.5 Å². The number of cyclic esters (lactones) is 1. The van der Waals surface area contributed by atoms with Gasteiger partial charge < -0.3 is 24.1 Å². The summed E-state index contributed by atoms with van der Waals surface area (Å²) in [7, 11) is 0. The normalized spacial score (nSPS) is 18.2. The fourth-order valence-electron chi connectivity index (χ4n) is 3.44. The van der Waals surface area contributed by atoms with Crippen molar-refractivity contribution in [3.63, 3.8) is 0 Å². The molecule has 2 aliphatic rings. The summed E-state index contributed by atoms with van der Waals surface area (Å²) in [6, 6.07) is 10.2. The zero-order valence-electron chi connectivity index (χ0n) is 17.1. The third-order valence-corrected chi connectivity index (χ3v) is 4.99. The third-order valence-electron chi connectivity index (χ3n) is 4.99. The van der Waals surface area contributed by atoms with Crippen LogP contribution in [0.2, 0.25) is 0 Å². The molecule has 10 nitrogen and oxygen atoms in total. The molecule has 1 saturated heterocycles. The summed E-state index contributed by atoms with van der Waals surface area (Å²) in [4.78, 5) is 40.0. The van der Waals surface area contributed by atoms with Crippen molar-refractivity contribution in [2.45, 2.75) is 25.0 Å². The molecule has 0 aliphatic carbocycles. The number of aliphatic carboxylic acids is 1. The van der Waals surface area contributed by atoms with Gasteiger partial charge in [0.1, 0.15) is 36.8 Å². The molecule has 1 fully saturated rings. The molecule has 4 rings (SSSR count). The smallest absolute Gasteiger partial charge is 0.550 e. The first-order valence-corrected chi connectivity index (χ1v) is 9.45. The van der Waals surface area contributed by atoms with Crippen LogP contribution in [0.5, 0.6) is 5.75 Å². The van der Waals surface area contributed by atoms with Gasteiger partial charge in [0, 0.05) is 17.7 Å². The van der Waals surface area contributed by atoms with E-state index in [-0.39, 0.29) is 49.2 Å². The Balaban J connectivity index is 0.00000289. The molecule has 0 unspecified atom stereocenters. The van der Waals surface area contributed by atoms with Crippen LogP contribution in [0, 0.1) is 11.3 Å². The summed E-state index contributed by atoms with van der Waals surface area (Å²) in [6.45, 7) is -0.0679. The molecule has 11 heteroatoms. The van der Waals surface area contributed by atoms with Gasteiger partial charge in [-0.25, -0.2) is 9.78 Å². The van der Waals surface area contributed by atoms with Gasteiger partial charge in [-0.2, -0.15) is 5.26 Å². The topological polar surface area (TPSA) is 142 Å². The SMILES string of the molecule is N#Cc1ccc(-c2ccc3c(c2)OC[C@H]2[C@H](COC(=O)CCC(=O)[O-])OC(=O)N32)cn1.[Na+]. The summed E-state index contributed by atoms with van der Waals surface area (Å²) in [5.74, 6) is -1.57. The molecule has 2 aliphatic heterocycles. The Labute approximate surface area is 205 Å². The fraction of sp³-hybridized carbons (Fsp3) is 0.286. The van der Waals surface area contributed by atoms with Gasteiger partial charge in [-0.15, -0.1) is 0 Å². The Morgan fingerprint density at radius 2 is 2.03 bits per heavy atom. The first kappa shape index (κ1) is 23.5. The number of amides is 1. The van der Waals surface area contributed by atoms with Crippen molar-refractivity contribution < 1.29 is 63.3 Å². The number of aromatic nitrogens is 1. The molecular weight excluding hydrogens is 429 g/mol. The van der Waals surface area contributed by atoms with Crippen LogP contribution >= 0.6 is 0 Å². The number of ether oxygens (including phenoxy) is 3. The van der Waals surface area contributed by atoms with Crippen LogP contribution in [0.25, 0.3) is 11.1 Å². The molecule has 1 aromatic heterocycles. The van der Waals surface area contributed by atoms with Gasteiger partial charge in [-0.1, -0.05) is 6.07 Å². The van der Waals surface area contributed by atoms with Crippen molar-refractivity contribution in [1.29, 1.82) is 5.26 Å². The van der Waals surface area contributed by atoms with E-state index in [1.807, 2.05) is 6.07 Å². The average molecular weight is 445 g/mol. The first-order chi connectivity index (χ1) is 15.0. The Kier molecular flexibility index (Phi) is 7.35. The van der Waals surface area contributed by atoms with Crippen molar-refractivity contribution in [2.75, 3.05) is 18.1 Å². The van der Waals surface area contributed by atoms with Gasteiger partial charge in [-0.3, -0.25) is 9.69 Å². The van der Waals surface area contributed by atoms with E-state index in [0.717, 1.165) is 11.1 Å². The third kappa shape index (κ3) is 4.85. The first-order valence-electron chi connectivity index (χ1n) is 9.45. The van der Waals surface area contributed by atoms with E-state index in [1.165, 1.54) is 4.90 Å². The number of carbonyl (C=O) groups is 3. The van der Waals surface area contributed by atoms with E-state index >= 15 is 0 Å². The molecule has 3 heterocycles. The number of esters is 1. The molecule has 1 amide bonds. The Bertz CT molecular complexity index is 1080. The second-order valence-corrected chi connectivity index (χ2v) is 6.95. The zero-order chi connectivity index (χ0) is 22.0. The predicted octanol–water partition coefficient (Wildman–Crippen LogP) is -2.22. The number of benzene rings is 1. The van der Waals surface area contributed by atoms with Crippen LogP contribution < -0.4 is 44.3 Å².